The number of carbonyl (C=O) groups is 1. The van der Waals surface area contributed by atoms with E-state index < -0.39 is 5.60 Å². The van der Waals surface area contributed by atoms with Crippen molar-refractivity contribution in [2.75, 3.05) is 5.32 Å². The molecular formula is C26H26Cl2N4O2. The van der Waals surface area contributed by atoms with Crippen LogP contribution in [0.1, 0.15) is 39.2 Å². The number of aryl methyl sites for hydroxylation is 1. The van der Waals surface area contributed by atoms with E-state index in [-0.39, 0.29) is 5.91 Å². The second-order valence-electron chi connectivity index (χ2n) is 8.60. The second-order valence-corrected chi connectivity index (χ2v) is 9.44. The summed E-state index contributed by atoms with van der Waals surface area (Å²) in [5.74, 6) is 0.188. The van der Waals surface area contributed by atoms with Crippen LogP contribution in [0, 0.1) is 0 Å². The van der Waals surface area contributed by atoms with Crippen molar-refractivity contribution in [3.05, 3.63) is 76.3 Å². The molecule has 3 aromatic carbocycles. The Morgan fingerprint density at radius 2 is 1.65 bits per heavy atom. The third-order valence-corrected chi connectivity index (χ3v) is 6.00. The van der Waals surface area contributed by atoms with Gasteiger partial charge in [0.15, 0.2) is 5.60 Å². The molecule has 6 nitrogen and oxygen atoms in total. The number of amides is 1. The largest absolute Gasteiger partial charge is 0.478 e. The first-order chi connectivity index (χ1) is 16.2. The Morgan fingerprint density at radius 3 is 2.29 bits per heavy atom. The van der Waals surface area contributed by atoms with Crippen LogP contribution in [-0.4, -0.2) is 26.5 Å². The lowest BCUT2D eigenvalue weighted by Gasteiger charge is -2.25. The summed E-state index contributed by atoms with van der Waals surface area (Å²) in [4.78, 5) is 14.5. The van der Waals surface area contributed by atoms with Crippen LogP contribution in [0.3, 0.4) is 0 Å². The summed E-state index contributed by atoms with van der Waals surface area (Å²) in [5.41, 5.74) is 2.69. The highest BCUT2D eigenvalue weighted by molar-refractivity contribution is 6.34. The lowest BCUT2D eigenvalue weighted by Crippen LogP contribution is -2.42. The van der Waals surface area contributed by atoms with Gasteiger partial charge in [0, 0.05) is 5.02 Å². The highest BCUT2D eigenvalue weighted by atomic mass is 35.5. The van der Waals surface area contributed by atoms with Gasteiger partial charge in [-0.05, 0) is 80.8 Å². The fraction of sp³-hybridized carbons (Fsp3) is 0.269. The van der Waals surface area contributed by atoms with Gasteiger partial charge in [0.1, 0.15) is 16.8 Å². The van der Waals surface area contributed by atoms with Crippen LogP contribution in [0.15, 0.2) is 60.7 Å². The van der Waals surface area contributed by atoms with Crippen LogP contribution in [0.4, 0.5) is 5.69 Å². The van der Waals surface area contributed by atoms with Gasteiger partial charge in [-0.2, -0.15) is 4.80 Å². The van der Waals surface area contributed by atoms with Crippen LogP contribution in [0.5, 0.6) is 5.75 Å². The Morgan fingerprint density at radius 1 is 1.00 bits per heavy atom. The van der Waals surface area contributed by atoms with E-state index in [1.54, 1.807) is 55.0 Å². The van der Waals surface area contributed by atoms with Crippen molar-refractivity contribution in [2.45, 2.75) is 45.6 Å². The van der Waals surface area contributed by atoms with Crippen LogP contribution < -0.4 is 10.1 Å². The number of unbranched alkanes of at least 4 members (excludes halogenated alkanes) is 1. The number of nitrogens with one attached hydrogen (secondary N) is 1. The number of hydrogen-bond acceptors (Lipinski definition) is 4. The Balaban J connectivity index is 1.52. The molecule has 0 unspecified atom stereocenters. The van der Waals surface area contributed by atoms with Gasteiger partial charge in [0.2, 0.25) is 0 Å². The number of fused-ring (bicyclic) bond motifs is 1. The first-order valence-electron chi connectivity index (χ1n) is 11.2. The zero-order valence-corrected chi connectivity index (χ0v) is 20.8. The molecule has 0 spiro atoms. The lowest BCUT2D eigenvalue weighted by atomic mass is 10.1. The summed E-state index contributed by atoms with van der Waals surface area (Å²) in [6.45, 7) is 5.55. The van der Waals surface area contributed by atoms with Crippen molar-refractivity contribution in [2.24, 2.45) is 0 Å². The van der Waals surface area contributed by atoms with Crippen molar-refractivity contribution in [3.63, 3.8) is 0 Å². The third-order valence-electron chi connectivity index (χ3n) is 5.44. The van der Waals surface area contributed by atoms with Gasteiger partial charge < -0.3 is 10.1 Å². The molecule has 0 fully saturated rings. The molecule has 0 aliphatic heterocycles. The molecule has 0 radical (unpaired) electrons. The highest BCUT2D eigenvalue weighted by Gasteiger charge is 2.30. The maximum absolute atomic E-state index is 13.0. The van der Waals surface area contributed by atoms with E-state index in [1.807, 2.05) is 12.1 Å². The predicted octanol–water partition coefficient (Wildman–Crippen LogP) is 6.87. The standard InChI is InChI=1S/C26H26Cl2N4O2/c1-4-5-6-17-7-11-19(12-8-17)32-30-23-15-21(28)22(16-24(23)31-32)29-25(33)26(2,3)34-20-13-9-18(27)10-14-20/h7-16H,4-6H2,1-3H3,(H,29,33). The minimum absolute atomic E-state index is 0.348. The molecule has 0 aliphatic rings. The third kappa shape index (κ3) is 5.51. The smallest absolute Gasteiger partial charge is 0.268 e. The molecule has 0 atom stereocenters. The molecule has 1 N–H and O–H groups in total. The zero-order chi connectivity index (χ0) is 24.3. The molecule has 8 heteroatoms. The number of anilines is 1. The molecule has 1 amide bonds. The number of hydrogen-bond donors (Lipinski definition) is 1. The van der Waals surface area contributed by atoms with Gasteiger partial charge in [0.05, 0.1) is 16.4 Å². The highest BCUT2D eigenvalue weighted by Crippen LogP contribution is 2.29. The van der Waals surface area contributed by atoms with Crippen LogP contribution >= 0.6 is 23.2 Å². The molecule has 0 aliphatic carbocycles. The van der Waals surface area contributed by atoms with Crippen molar-refractivity contribution in [3.8, 4) is 11.4 Å². The van der Waals surface area contributed by atoms with Crippen LogP contribution in [0.2, 0.25) is 10.0 Å². The van der Waals surface area contributed by atoms with Gasteiger partial charge in [0.25, 0.3) is 5.91 Å². The van der Waals surface area contributed by atoms with Gasteiger partial charge >= 0.3 is 0 Å². The minimum atomic E-state index is -1.15. The molecule has 176 valence electrons. The number of aromatic nitrogens is 3. The zero-order valence-electron chi connectivity index (χ0n) is 19.3. The Kier molecular flexibility index (Phi) is 7.10. The first kappa shape index (κ1) is 24.0. The summed E-state index contributed by atoms with van der Waals surface area (Å²) >= 11 is 12.4. The summed E-state index contributed by atoms with van der Waals surface area (Å²) < 4.78 is 5.87. The van der Waals surface area contributed by atoms with E-state index in [0.29, 0.717) is 32.5 Å². The van der Waals surface area contributed by atoms with E-state index >= 15 is 0 Å². The monoisotopic (exact) mass is 496 g/mol. The molecule has 1 heterocycles. The maximum atomic E-state index is 13.0. The summed E-state index contributed by atoms with van der Waals surface area (Å²) in [6, 6.07) is 18.5. The molecule has 0 saturated carbocycles. The van der Waals surface area contributed by atoms with Gasteiger partial charge in [-0.3, -0.25) is 4.79 Å². The number of benzene rings is 3. The Labute approximate surface area is 208 Å². The molecule has 4 aromatic rings. The number of carbonyl (C=O) groups excluding carboxylic acids is 1. The maximum Gasteiger partial charge on any atom is 0.268 e. The fourth-order valence-electron chi connectivity index (χ4n) is 3.44. The SMILES string of the molecule is CCCCc1ccc(-n2nc3cc(Cl)c(NC(=O)C(C)(C)Oc4ccc(Cl)cc4)cc3n2)cc1. The first-order valence-corrected chi connectivity index (χ1v) is 11.9. The molecule has 4 rings (SSSR count). The normalized spacial score (nSPS) is 11.6. The number of halogens is 2. The average molecular weight is 497 g/mol. The van der Waals surface area contributed by atoms with Crippen molar-refractivity contribution < 1.29 is 9.53 Å². The molecule has 0 saturated heterocycles. The van der Waals surface area contributed by atoms with Crippen molar-refractivity contribution >= 4 is 45.8 Å². The van der Waals surface area contributed by atoms with Crippen molar-refractivity contribution in [1.82, 2.24) is 15.0 Å². The second kappa shape index (κ2) is 10.0. The van der Waals surface area contributed by atoms with Gasteiger partial charge in [-0.1, -0.05) is 48.7 Å². The summed E-state index contributed by atoms with van der Waals surface area (Å²) in [7, 11) is 0. The molecule has 34 heavy (non-hydrogen) atoms. The van der Waals surface area contributed by atoms with Crippen LogP contribution in [0.25, 0.3) is 16.7 Å². The average Bonchev–Trinajstić information content (AvgIpc) is 3.22. The predicted molar refractivity (Wildman–Crippen MR) is 137 cm³/mol. The topological polar surface area (TPSA) is 69.0 Å². The molecule has 1 aromatic heterocycles. The summed E-state index contributed by atoms with van der Waals surface area (Å²) in [5, 5.41) is 12.9. The lowest BCUT2D eigenvalue weighted by molar-refractivity contribution is -0.128. The van der Waals surface area contributed by atoms with E-state index in [0.717, 1.165) is 24.9 Å². The number of nitrogens with zero attached hydrogens (tertiary/aromatic N) is 3. The van der Waals surface area contributed by atoms with E-state index in [2.05, 4.69) is 34.6 Å². The van der Waals surface area contributed by atoms with E-state index in [4.69, 9.17) is 27.9 Å². The number of ether oxygens (including phenoxy) is 1. The Bertz CT molecular complexity index is 1300. The quantitative estimate of drug-likeness (QED) is 0.289. The minimum Gasteiger partial charge on any atom is -0.478 e. The Hall–Kier alpha value is -3.09. The molecular weight excluding hydrogens is 471 g/mol. The van der Waals surface area contributed by atoms with Crippen LogP contribution in [-0.2, 0) is 11.2 Å². The number of rotatable bonds is 8. The van der Waals surface area contributed by atoms with Gasteiger partial charge in [-0.15, -0.1) is 10.2 Å². The fourth-order valence-corrected chi connectivity index (χ4v) is 3.77. The van der Waals surface area contributed by atoms with E-state index in [9.17, 15) is 4.79 Å². The summed E-state index contributed by atoms with van der Waals surface area (Å²) in [6.07, 6.45) is 3.39. The van der Waals surface area contributed by atoms with E-state index in [1.165, 1.54) is 5.56 Å². The van der Waals surface area contributed by atoms with Crippen molar-refractivity contribution in [1.29, 1.82) is 0 Å². The molecule has 0 bridgehead atoms. The van der Waals surface area contributed by atoms with Gasteiger partial charge in [-0.25, -0.2) is 0 Å².